The van der Waals surface area contributed by atoms with Crippen LogP contribution >= 0.6 is 0 Å². The fourth-order valence-electron chi connectivity index (χ4n) is 2.93. The summed E-state index contributed by atoms with van der Waals surface area (Å²) in [6, 6.07) is 2.45. The molecule has 1 aliphatic rings. The summed E-state index contributed by atoms with van der Waals surface area (Å²) in [5.74, 6) is -0.887. The van der Waals surface area contributed by atoms with Crippen LogP contribution in [0.5, 0.6) is 0 Å². The number of halogens is 1. The Morgan fingerprint density at radius 3 is 3.09 bits per heavy atom. The third-order valence-electron chi connectivity index (χ3n) is 3.94. The smallest absolute Gasteiger partial charge is 0.254 e. The van der Waals surface area contributed by atoms with Crippen molar-refractivity contribution >= 4 is 5.91 Å². The molecule has 22 heavy (non-hydrogen) atoms. The first-order valence-corrected chi connectivity index (χ1v) is 7.04. The minimum Gasteiger partial charge on any atom is -0.382 e. The Kier molecular flexibility index (Phi) is 3.89. The quantitative estimate of drug-likeness (QED) is 0.803. The maximum Gasteiger partial charge on any atom is 0.254 e. The van der Waals surface area contributed by atoms with Crippen molar-refractivity contribution in [2.24, 2.45) is 7.05 Å². The summed E-state index contributed by atoms with van der Waals surface area (Å²) < 4.78 is 20.3. The van der Waals surface area contributed by atoms with Crippen LogP contribution in [0.1, 0.15) is 27.7 Å². The molecule has 0 bridgehead atoms. The number of aryl methyl sites for hydroxylation is 1. The summed E-state index contributed by atoms with van der Waals surface area (Å²) in [6.07, 6.45) is 3.85. The van der Waals surface area contributed by atoms with Crippen molar-refractivity contribution in [2.75, 3.05) is 20.3 Å². The van der Waals surface area contributed by atoms with E-state index in [2.05, 4.69) is 10.1 Å². The van der Waals surface area contributed by atoms with Crippen molar-refractivity contribution in [1.82, 2.24) is 19.7 Å². The highest BCUT2D eigenvalue weighted by atomic mass is 19.1. The summed E-state index contributed by atoms with van der Waals surface area (Å²) in [5.41, 5.74) is 2.38. The summed E-state index contributed by atoms with van der Waals surface area (Å²) >= 11 is 0. The van der Waals surface area contributed by atoms with Gasteiger partial charge in [-0.3, -0.25) is 9.48 Å². The van der Waals surface area contributed by atoms with Crippen LogP contribution in [0, 0.1) is 5.95 Å². The van der Waals surface area contributed by atoms with Crippen molar-refractivity contribution in [3.8, 4) is 0 Å². The second-order valence-corrected chi connectivity index (χ2v) is 5.27. The second-order valence-electron chi connectivity index (χ2n) is 5.27. The molecule has 6 nitrogen and oxygen atoms in total. The summed E-state index contributed by atoms with van der Waals surface area (Å²) in [6.45, 7) is 0.918. The molecule has 0 radical (unpaired) electrons. The van der Waals surface area contributed by atoms with Crippen LogP contribution in [-0.2, 0) is 18.2 Å². The average molecular weight is 304 g/mol. The van der Waals surface area contributed by atoms with E-state index < -0.39 is 5.95 Å². The Hall–Kier alpha value is -2.28. The molecular formula is C15H17FN4O2. The maximum atomic E-state index is 13.3. The number of methoxy groups -OCH3 is 1. The van der Waals surface area contributed by atoms with Gasteiger partial charge in [0.1, 0.15) is 0 Å². The lowest BCUT2D eigenvalue weighted by Gasteiger charge is -2.35. The number of carbonyl (C=O) groups is 1. The number of hydrogen-bond acceptors (Lipinski definition) is 4. The van der Waals surface area contributed by atoms with E-state index in [-0.39, 0.29) is 11.9 Å². The molecule has 7 heteroatoms. The van der Waals surface area contributed by atoms with Gasteiger partial charge in [-0.15, -0.1) is 0 Å². The van der Waals surface area contributed by atoms with Crippen LogP contribution in [0.15, 0.2) is 24.5 Å². The minimum atomic E-state index is -0.660. The first-order chi connectivity index (χ1) is 10.6. The molecule has 0 saturated heterocycles. The van der Waals surface area contributed by atoms with E-state index in [0.717, 1.165) is 23.7 Å². The number of ether oxygens (including phenoxy) is 1. The molecule has 0 saturated carbocycles. The van der Waals surface area contributed by atoms with Gasteiger partial charge in [-0.2, -0.15) is 9.49 Å². The van der Waals surface area contributed by atoms with Gasteiger partial charge in [0.2, 0.25) is 5.95 Å². The number of nitrogens with zero attached hydrogens (tertiary/aromatic N) is 4. The molecule has 1 atom stereocenters. The Balaban J connectivity index is 1.96. The van der Waals surface area contributed by atoms with Crippen molar-refractivity contribution in [3.63, 3.8) is 0 Å². The summed E-state index contributed by atoms with van der Waals surface area (Å²) in [7, 11) is 3.45. The normalized spacial score (nSPS) is 17.4. The molecule has 2 aromatic heterocycles. The van der Waals surface area contributed by atoms with E-state index >= 15 is 0 Å². The van der Waals surface area contributed by atoms with Crippen LogP contribution < -0.4 is 0 Å². The van der Waals surface area contributed by atoms with Crippen LogP contribution in [0.25, 0.3) is 0 Å². The Morgan fingerprint density at radius 2 is 2.36 bits per heavy atom. The molecule has 3 rings (SSSR count). The topological polar surface area (TPSA) is 60.2 Å². The molecule has 1 amide bonds. The number of carbonyl (C=O) groups excluding carboxylic acids is 1. The van der Waals surface area contributed by atoms with Gasteiger partial charge in [0, 0.05) is 38.5 Å². The monoisotopic (exact) mass is 304 g/mol. The third kappa shape index (κ3) is 2.48. The zero-order valence-corrected chi connectivity index (χ0v) is 12.5. The maximum absolute atomic E-state index is 13.3. The number of fused-ring (bicyclic) bond motifs is 1. The van der Waals surface area contributed by atoms with Crippen molar-refractivity contribution in [1.29, 1.82) is 0 Å². The third-order valence-corrected chi connectivity index (χ3v) is 3.94. The van der Waals surface area contributed by atoms with Gasteiger partial charge in [-0.1, -0.05) is 0 Å². The molecule has 0 spiro atoms. The number of hydrogen-bond donors (Lipinski definition) is 0. The van der Waals surface area contributed by atoms with Gasteiger partial charge in [0.05, 0.1) is 24.5 Å². The average Bonchev–Trinajstić information content (AvgIpc) is 2.89. The van der Waals surface area contributed by atoms with Crippen LogP contribution in [-0.4, -0.2) is 45.8 Å². The number of pyridine rings is 1. The molecule has 1 aliphatic heterocycles. The van der Waals surface area contributed by atoms with Crippen LogP contribution in [0.4, 0.5) is 4.39 Å². The van der Waals surface area contributed by atoms with E-state index in [9.17, 15) is 9.18 Å². The number of amides is 1. The van der Waals surface area contributed by atoms with Gasteiger partial charge in [-0.25, -0.2) is 4.98 Å². The number of rotatable bonds is 3. The summed E-state index contributed by atoms with van der Waals surface area (Å²) in [5, 5.41) is 4.26. The molecule has 0 aliphatic carbocycles. The van der Waals surface area contributed by atoms with E-state index in [1.165, 1.54) is 12.3 Å². The highest BCUT2D eigenvalue weighted by Gasteiger charge is 2.34. The lowest BCUT2D eigenvalue weighted by molar-refractivity contribution is 0.0484. The number of aromatic nitrogens is 3. The summed E-state index contributed by atoms with van der Waals surface area (Å²) in [4.78, 5) is 17.9. The van der Waals surface area contributed by atoms with Gasteiger partial charge in [0.15, 0.2) is 0 Å². The van der Waals surface area contributed by atoms with Crippen molar-refractivity contribution < 1.29 is 13.9 Å². The van der Waals surface area contributed by atoms with Gasteiger partial charge < -0.3 is 9.64 Å². The second kappa shape index (κ2) is 5.84. The molecule has 0 aromatic carbocycles. The van der Waals surface area contributed by atoms with Gasteiger partial charge in [0.25, 0.3) is 5.91 Å². The molecule has 2 aromatic rings. The predicted molar refractivity (Wildman–Crippen MR) is 76.8 cm³/mol. The van der Waals surface area contributed by atoms with Crippen LogP contribution in [0.2, 0.25) is 0 Å². The largest absolute Gasteiger partial charge is 0.382 e. The molecule has 3 heterocycles. The van der Waals surface area contributed by atoms with E-state index in [1.54, 1.807) is 16.7 Å². The fourth-order valence-corrected chi connectivity index (χ4v) is 2.93. The van der Waals surface area contributed by atoms with Gasteiger partial charge >= 0.3 is 0 Å². The minimum absolute atomic E-state index is 0.227. The predicted octanol–water partition coefficient (Wildman–Crippen LogP) is 1.34. The zero-order chi connectivity index (χ0) is 15.7. The standard InChI is InChI=1S/C15H17FN4O2/c1-19-14-11(8-18-19)4-6-20(12(14)9-22-2)15(21)10-3-5-17-13(16)7-10/h3,5,7-8,12H,4,6,9H2,1-2H3/t12-/m1/s1. The zero-order valence-electron chi connectivity index (χ0n) is 12.5. The van der Waals surface area contributed by atoms with E-state index in [1.807, 2.05) is 13.2 Å². The molecule has 0 unspecified atom stereocenters. The molecule has 0 N–H and O–H groups in total. The SMILES string of the molecule is COC[C@@H]1c2c(cnn2C)CCN1C(=O)c1ccnc(F)c1. The Labute approximate surface area is 127 Å². The Morgan fingerprint density at radius 1 is 1.55 bits per heavy atom. The van der Waals surface area contributed by atoms with Crippen molar-refractivity contribution in [3.05, 3.63) is 47.3 Å². The van der Waals surface area contributed by atoms with E-state index in [0.29, 0.717) is 18.7 Å². The van der Waals surface area contributed by atoms with Crippen molar-refractivity contribution in [2.45, 2.75) is 12.5 Å². The van der Waals surface area contributed by atoms with E-state index in [4.69, 9.17) is 4.74 Å². The highest BCUT2D eigenvalue weighted by Crippen LogP contribution is 2.30. The lowest BCUT2D eigenvalue weighted by Crippen LogP contribution is -2.42. The van der Waals surface area contributed by atoms with Crippen LogP contribution in [0.3, 0.4) is 0 Å². The Bertz CT molecular complexity index is 701. The molecular weight excluding hydrogens is 287 g/mol. The first-order valence-electron chi connectivity index (χ1n) is 7.04. The molecule has 116 valence electrons. The van der Waals surface area contributed by atoms with Gasteiger partial charge in [-0.05, 0) is 18.1 Å². The molecule has 0 fully saturated rings. The first kappa shape index (κ1) is 14.6. The fraction of sp³-hybridized carbons (Fsp3) is 0.400. The lowest BCUT2D eigenvalue weighted by atomic mass is 9.99. The highest BCUT2D eigenvalue weighted by molar-refractivity contribution is 5.94.